The molecule has 0 spiro atoms. The fourth-order valence-electron chi connectivity index (χ4n) is 1.78. The third-order valence-electron chi connectivity index (χ3n) is 2.61. The molecular weight excluding hydrogens is 240 g/mol. The first kappa shape index (κ1) is 13.1. The number of nitrogens with zero attached hydrogens (tertiary/aromatic N) is 1. The number of pyridine rings is 1. The van der Waals surface area contributed by atoms with E-state index in [-0.39, 0.29) is 6.04 Å². The summed E-state index contributed by atoms with van der Waals surface area (Å²) in [4.78, 5) is 4.45. The molecule has 0 bridgehead atoms. The van der Waals surface area contributed by atoms with Crippen molar-refractivity contribution in [2.75, 3.05) is 0 Å². The topological polar surface area (TPSA) is 38.9 Å². The molecule has 0 saturated carbocycles. The fraction of sp³-hybridized carbons (Fsp3) is 0.267. The minimum absolute atomic E-state index is 0.172. The third-order valence-corrected chi connectivity index (χ3v) is 3.73. The van der Waals surface area contributed by atoms with Crippen LogP contribution in [0.1, 0.15) is 18.1 Å². The number of nitrogens with two attached hydrogens (primary N) is 1. The third kappa shape index (κ3) is 3.86. The Morgan fingerprint density at radius 2 is 1.94 bits per heavy atom. The maximum Gasteiger partial charge on any atom is 0.0995 e. The second-order valence-electron chi connectivity index (χ2n) is 4.42. The highest BCUT2D eigenvalue weighted by molar-refractivity contribution is 7.98. The van der Waals surface area contributed by atoms with E-state index in [1.807, 2.05) is 25.3 Å². The zero-order chi connectivity index (χ0) is 12.8. The van der Waals surface area contributed by atoms with E-state index < -0.39 is 0 Å². The molecule has 2 aromatic rings. The summed E-state index contributed by atoms with van der Waals surface area (Å²) in [5, 5.41) is 1.10. The van der Waals surface area contributed by atoms with Crippen molar-refractivity contribution in [3.05, 3.63) is 59.8 Å². The summed E-state index contributed by atoms with van der Waals surface area (Å²) in [6.07, 6.45) is 2.73. The minimum Gasteiger partial charge on any atom is -0.328 e. The quantitative estimate of drug-likeness (QED) is 0.837. The summed E-state index contributed by atoms with van der Waals surface area (Å²) in [6.45, 7) is 2.03. The van der Waals surface area contributed by atoms with Gasteiger partial charge in [-0.3, -0.25) is 0 Å². The first-order chi connectivity index (χ1) is 8.75. The molecule has 0 aliphatic carbocycles. The molecule has 0 aliphatic heterocycles. The van der Waals surface area contributed by atoms with E-state index in [1.54, 1.807) is 11.8 Å². The van der Waals surface area contributed by atoms with Crippen molar-refractivity contribution in [3.8, 4) is 0 Å². The molecule has 2 nitrogen and oxygen atoms in total. The number of hydrogen-bond acceptors (Lipinski definition) is 3. The van der Waals surface area contributed by atoms with Gasteiger partial charge in [-0.2, -0.15) is 0 Å². The smallest absolute Gasteiger partial charge is 0.0995 e. The molecule has 1 aromatic heterocycles. The van der Waals surface area contributed by atoms with Crippen LogP contribution in [0.3, 0.4) is 0 Å². The van der Waals surface area contributed by atoms with Gasteiger partial charge in [-0.15, -0.1) is 11.8 Å². The number of benzene rings is 1. The number of aromatic nitrogens is 1. The second-order valence-corrected chi connectivity index (χ2v) is 5.39. The van der Waals surface area contributed by atoms with Crippen LogP contribution in [0.25, 0.3) is 0 Å². The van der Waals surface area contributed by atoms with Gasteiger partial charge in [0.2, 0.25) is 0 Å². The predicted octanol–water partition coefficient (Wildman–Crippen LogP) is 3.26. The van der Waals surface area contributed by atoms with Crippen LogP contribution < -0.4 is 5.73 Å². The first-order valence-electron chi connectivity index (χ1n) is 6.12. The zero-order valence-electron chi connectivity index (χ0n) is 10.5. The first-order valence-corrected chi connectivity index (χ1v) is 7.10. The molecule has 1 unspecified atom stereocenters. The van der Waals surface area contributed by atoms with Gasteiger partial charge in [0.1, 0.15) is 0 Å². The van der Waals surface area contributed by atoms with Crippen LogP contribution >= 0.6 is 11.8 Å². The summed E-state index contributed by atoms with van der Waals surface area (Å²) < 4.78 is 0. The van der Waals surface area contributed by atoms with Gasteiger partial charge in [0, 0.05) is 18.0 Å². The molecule has 2 rings (SSSR count). The van der Waals surface area contributed by atoms with Crippen molar-refractivity contribution in [1.82, 2.24) is 4.98 Å². The van der Waals surface area contributed by atoms with Crippen molar-refractivity contribution in [2.24, 2.45) is 5.73 Å². The molecule has 0 amide bonds. The SMILES string of the molecule is CC(N)Cc1cccnc1SCc1ccccc1. The van der Waals surface area contributed by atoms with Gasteiger partial charge in [0.05, 0.1) is 5.03 Å². The van der Waals surface area contributed by atoms with Crippen LogP contribution in [0, 0.1) is 0 Å². The molecule has 0 radical (unpaired) electrons. The summed E-state index contributed by atoms with van der Waals surface area (Å²) in [7, 11) is 0. The summed E-state index contributed by atoms with van der Waals surface area (Å²) in [5.74, 6) is 0.948. The van der Waals surface area contributed by atoms with Gasteiger partial charge < -0.3 is 5.73 Å². The largest absolute Gasteiger partial charge is 0.328 e. The Balaban J connectivity index is 2.05. The molecule has 2 N–H and O–H groups in total. The lowest BCUT2D eigenvalue weighted by Crippen LogP contribution is -2.18. The van der Waals surface area contributed by atoms with Crippen molar-refractivity contribution in [2.45, 2.75) is 30.2 Å². The molecule has 1 heterocycles. The Morgan fingerprint density at radius 1 is 1.17 bits per heavy atom. The molecule has 0 aliphatic rings. The fourth-order valence-corrected chi connectivity index (χ4v) is 2.75. The Morgan fingerprint density at radius 3 is 2.67 bits per heavy atom. The lowest BCUT2D eigenvalue weighted by atomic mass is 10.1. The van der Waals surface area contributed by atoms with Gasteiger partial charge in [-0.05, 0) is 30.5 Å². The minimum atomic E-state index is 0.172. The van der Waals surface area contributed by atoms with Crippen molar-refractivity contribution < 1.29 is 0 Å². The van der Waals surface area contributed by atoms with Crippen molar-refractivity contribution >= 4 is 11.8 Å². The summed E-state index contributed by atoms with van der Waals surface area (Å²) >= 11 is 1.78. The Kier molecular flexibility index (Phi) is 4.79. The predicted molar refractivity (Wildman–Crippen MR) is 77.6 cm³/mol. The standard InChI is InChI=1S/C15H18N2S/c1-12(16)10-14-8-5-9-17-15(14)18-11-13-6-3-2-4-7-13/h2-9,12H,10-11,16H2,1H3. The van der Waals surface area contributed by atoms with E-state index in [0.29, 0.717) is 0 Å². The van der Waals surface area contributed by atoms with Crippen LogP contribution in [0.2, 0.25) is 0 Å². The molecule has 18 heavy (non-hydrogen) atoms. The number of thioether (sulfide) groups is 1. The molecule has 3 heteroatoms. The molecule has 1 atom stereocenters. The van der Waals surface area contributed by atoms with Gasteiger partial charge >= 0.3 is 0 Å². The number of rotatable bonds is 5. The molecule has 1 aromatic carbocycles. The van der Waals surface area contributed by atoms with E-state index in [1.165, 1.54) is 11.1 Å². The zero-order valence-corrected chi connectivity index (χ0v) is 11.4. The highest BCUT2D eigenvalue weighted by atomic mass is 32.2. The highest BCUT2D eigenvalue weighted by Crippen LogP contribution is 2.24. The lowest BCUT2D eigenvalue weighted by Gasteiger charge is -2.10. The van der Waals surface area contributed by atoms with Crippen LogP contribution in [0.15, 0.2) is 53.7 Å². The molecule has 94 valence electrons. The summed E-state index contributed by atoms with van der Waals surface area (Å²) in [5.41, 5.74) is 8.43. The van der Waals surface area contributed by atoms with E-state index in [4.69, 9.17) is 5.73 Å². The van der Waals surface area contributed by atoms with E-state index >= 15 is 0 Å². The van der Waals surface area contributed by atoms with E-state index in [0.717, 1.165) is 17.2 Å². The highest BCUT2D eigenvalue weighted by Gasteiger charge is 2.06. The average molecular weight is 258 g/mol. The molecule has 0 saturated heterocycles. The maximum absolute atomic E-state index is 5.86. The molecule has 0 fully saturated rings. The van der Waals surface area contributed by atoms with Gasteiger partial charge in [0.15, 0.2) is 0 Å². The Bertz CT molecular complexity index is 483. The van der Waals surface area contributed by atoms with Crippen LogP contribution in [-0.4, -0.2) is 11.0 Å². The van der Waals surface area contributed by atoms with Crippen molar-refractivity contribution in [3.63, 3.8) is 0 Å². The van der Waals surface area contributed by atoms with E-state index in [9.17, 15) is 0 Å². The molecular formula is C15H18N2S. The average Bonchev–Trinajstić information content (AvgIpc) is 2.38. The van der Waals surface area contributed by atoms with Gasteiger partial charge in [-0.1, -0.05) is 36.4 Å². The monoisotopic (exact) mass is 258 g/mol. The Labute approximate surface area is 113 Å². The van der Waals surface area contributed by atoms with Crippen LogP contribution in [0.5, 0.6) is 0 Å². The van der Waals surface area contributed by atoms with Crippen LogP contribution in [-0.2, 0) is 12.2 Å². The van der Waals surface area contributed by atoms with Crippen LogP contribution in [0.4, 0.5) is 0 Å². The summed E-state index contributed by atoms with van der Waals surface area (Å²) in [6, 6.07) is 14.7. The van der Waals surface area contributed by atoms with Crippen molar-refractivity contribution in [1.29, 1.82) is 0 Å². The number of hydrogen-bond donors (Lipinski definition) is 1. The second kappa shape index (κ2) is 6.57. The maximum atomic E-state index is 5.86. The Hall–Kier alpha value is -1.32. The lowest BCUT2D eigenvalue weighted by molar-refractivity contribution is 0.722. The van der Waals surface area contributed by atoms with Gasteiger partial charge in [-0.25, -0.2) is 4.98 Å². The van der Waals surface area contributed by atoms with Gasteiger partial charge in [0.25, 0.3) is 0 Å². The normalized spacial score (nSPS) is 12.3. The van der Waals surface area contributed by atoms with E-state index in [2.05, 4.69) is 35.3 Å².